The number of hydrogen-bond donors (Lipinski definition) is 1. The molecule has 0 aliphatic rings. The van der Waals surface area contributed by atoms with Gasteiger partial charge in [-0.2, -0.15) is 0 Å². The molecule has 1 aromatic rings. The van der Waals surface area contributed by atoms with Gasteiger partial charge in [0.25, 0.3) is 0 Å². The van der Waals surface area contributed by atoms with E-state index < -0.39 is 5.97 Å². The maximum atomic E-state index is 11.2. The van der Waals surface area contributed by atoms with Crippen molar-refractivity contribution in [3.63, 3.8) is 0 Å². The molecule has 1 amide bonds. The molecule has 6 heteroatoms. The molecule has 1 rings (SSSR count). The maximum Gasteiger partial charge on any atom is 0.342 e. The molecule has 4 nitrogen and oxygen atoms in total. The molecule has 0 bridgehead atoms. The Morgan fingerprint density at radius 3 is 2.71 bits per heavy atom. The third kappa shape index (κ3) is 2.24. The Morgan fingerprint density at radius 1 is 1.57 bits per heavy atom. The van der Waals surface area contributed by atoms with Crippen molar-refractivity contribution < 1.29 is 14.3 Å². The van der Waals surface area contributed by atoms with Gasteiger partial charge in [-0.25, -0.2) is 4.79 Å². The number of rotatable bonds is 2. The molecule has 76 valence electrons. The van der Waals surface area contributed by atoms with E-state index >= 15 is 0 Å². The Kier molecular flexibility index (Phi) is 3.49. The van der Waals surface area contributed by atoms with Crippen LogP contribution in [0.2, 0.25) is 5.02 Å². The average Bonchev–Trinajstić information content (AvgIpc) is 2.45. The Hall–Kier alpha value is -1.07. The highest BCUT2D eigenvalue weighted by atomic mass is 35.5. The lowest BCUT2D eigenvalue weighted by Crippen LogP contribution is -2.09. The van der Waals surface area contributed by atoms with Crippen LogP contribution < -0.4 is 5.32 Å². The van der Waals surface area contributed by atoms with Gasteiger partial charge in [0.15, 0.2) is 0 Å². The molecule has 0 radical (unpaired) electrons. The number of halogens is 1. The summed E-state index contributed by atoms with van der Waals surface area (Å²) in [5, 5.41) is 4.77. The van der Waals surface area contributed by atoms with Crippen LogP contribution >= 0.6 is 22.9 Å². The lowest BCUT2D eigenvalue weighted by atomic mass is 10.3. The summed E-state index contributed by atoms with van der Waals surface area (Å²) in [6.07, 6.45) is 0. The smallest absolute Gasteiger partial charge is 0.342 e. The fourth-order valence-electron chi connectivity index (χ4n) is 0.881. The standard InChI is InChI=1S/C8H8ClNO3S/c1-4(11)10-7-6(8(12)13-2)5(9)3-14-7/h3H,1-2H3,(H,10,11). The first-order chi connectivity index (χ1) is 6.56. The number of nitrogens with one attached hydrogen (secondary N) is 1. The summed E-state index contributed by atoms with van der Waals surface area (Å²) < 4.78 is 4.53. The van der Waals surface area contributed by atoms with Crippen molar-refractivity contribution in [2.45, 2.75) is 6.92 Å². The predicted molar refractivity (Wildman–Crippen MR) is 55.0 cm³/mol. The predicted octanol–water partition coefficient (Wildman–Crippen LogP) is 2.15. The lowest BCUT2D eigenvalue weighted by molar-refractivity contribution is -0.114. The van der Waals surface area contributed by atoms with E-state index in [4.69, 9.17) is 11.6 Å². The van der Waals surface area contributed by atoms with E-state index in [9.17, 15) is 9.59 Å². The van der Waals surface area contributed by atoms with Crippen molar-refractivity contribution in [3.8, 4) is 0 Å². The molecular formula is C8H8ClNO3S. The second-order valence-electron chi connectivity index (χ2n) is 2.46. The molecule has 0 aromatic carbocycles. The first-order valence-corrected chi connectivity index (χ1v) is 4.95. The zero-order valence-corrected chi connectivity index (χ0v) is 9.16. The second kappa shape index (κ2) is 4.43. The van der Waals surface area contributed by atoms with Gasteiger partial charge < -0.3 is 10.1 Å². The highest BCUT2D eigenvalue weighted by Gasteiger charge is 2.19. The van der Waals surface area contributed by atoms with Gasteiger partial charge >= 0.3 is 5.97 Å². The molecule has 0 aliphatic heterocycles. The number of ether oxygens (including phenoxy) is 1. The SMILES string of the molecule is COC(=O)c1c(Cl)csc1NC(C)=O. The Labute approximate surface area is 89.8 Å². The van der Waals surface area contributed by atoms with Crippen LogP contribution in [0.5, 0.6) is 0 Å². The van der Waals surface area contributed by atoms with E-state index in [0.717, 1.165) is 0 Å². The van der Waals surface area contributed by atoms with Crippen LogP contribution in [0.3, 0.4) is 0 Å². The van der Waals surface area contributed by atoms with Crippen molar-refractivity contribution in [2.75, 3.05) is 12.4 Å². The molecule has 0 aliphatic carbocycles. The fourth-order valence-corrected chi connectivity index (χ4v) is 2.10. The van der Waals surface area contributed by atoms with Crippen LogP contribution in [0.4, 0.5) is 5.00 Å². The van der Waals surface area contributed by atoms with Gasteiger partial charge in [0.05, 0.1) is 12.1 Å². The molecule has 0 unspecified atom stereocenters. The van der Waals surface area contributed by atoms with Crippen molar-refractivity contribution in [1.82, 2.24) is 0 Å². The number of carbonyl (C=O) groups is 2. The van der Waals surface area contributed by atoms with Crippen molar-refractivity contribution >= 4 is 39.8 Å². The summed E-state index contributed by atoms with van der Waals surface area (Å²) in [6.45, 7) is 1.36. The average molecular weight is 234 g/mol. The van der Waals surface area contributed by atoms with Gasteiger partial charge in [0.2, 0.25) is 5.91 Å². The van der Waals surface area contributed by atoms with Crippen LogP contribution in [0, 0.1) is 0 Å². The molecule has 0 saturated carbocycles. The summed E-state index contributed by atoms with van der Waals surface area (Å²) >= 11 is 6.94. The number of esters is 1. The molecule has 1 N–H and O–H groups in total. The Balaban J connectivity index is 3.05. The van der Waals surface area contributed by atoms with Gasteiger partial charge in [-0.3, -0.25) is 4.79 Å². The van der Waals surface area contributed by atoms with Gasteiger partial charge in [-0.15, -0.1) is 11.3 Å². The number of methoxy groups -OCH3 is 1. The summed E-state index contributed by atoms with van der Waals surface area (Å²) in [6, 6.07) is 0. The Bertz CT molecular complexity index is 375. The fraction of sp³-hybridized carbons (Fsp3) is 0.250. The van der Waals surface area contributed by atoms with Gasteiger partial charge in [0.1, 0.15) is 10.6 Å². The quantitative estimate of drug-likeness (QED) is 0.797. The monoisotopic (exact) mass is 233 g/mol. The molecule has 1 aromatic heterocycles. The minimum atomic E-state index is -0.556. The van der Waals surface area contributed by atoms with E-state index in [-0.39, 0.29) is 16.5 Å². The summed E-state index contributed by atoms with van der Waals surface area (Å²) in [7, 11) is 1.26. The summed E-state index contributed by atoms with van der Waals surface area (Å²) in [4.78, 5) is 22.0. The minimum absolute atomic E-state index is 0.203. The molecule has 1 heterocycles. The molecule has 0 saturated heterocycles. The maximum absolute atomic E-state index is 11.2. The van der Waals surface area contributed by atoms with Gasteiger partial charge in [-0.05, 0) is 0 Å². The van der Waals surface area contributed by atoms with Crippen LogP contribution in [0.1, 0.15) is 17.3 Å². The molecular weight excluding hydrogens is 226 g/mol. The molecule has 14 heavy (non-hydrogen) atoms. The highest BCUT2D eigenvalue weighted by molar-refractivity contribution is 7.15. The number of amides is 1. The molecule has 0 spiro atoms. The Morgan fingerprint density at radius 2 is 2.21 bits per heavy atom. The minimum Gasteiger partial charge on any atom is -0.465 e. The van der Waals surface area contributed by atoms with Crippen molar-refractivity contribution in [1.29, 1.82) is 0 Å². The van der Waals surface area contributed by atoms with E-state index in [2.05, 4.69) is 10.1 Å². The number of thiophene rings is 1. The normalized spacial score (nSPS) is 9.64. The first-order valence-electron chi connectivity index (χ1n) is 3.69. The highest BCUT2D eigenvalue weighted by Crippen LogP contribution is 2.32. The van der Waals surface area contributed by atoms with Crippen LogP contribution in [0.25, 0.3) is 0 Å². The third-order valence-electron chi connectivity index (χ3n) is 1.43. The molecule has 0 atom stereocenters. The number of anilines is 1. The van der Waals surface area contributed by atoms with Crippen LogP contribution in [0.15, 0.2) is 5.38 Å². The summed E-state index contributed by atoms with van der Waals surface area (Å²) in [5.41, 5.74) is 0.203. The largest absolute Gasteiger partial charge is 0.465 e. The first kappa shape index (κ1) is 11.0. The van der Waals surface area contributed by atoms with Crippen LogP contribution in [-0.4, -0.2) is 19.0 Å². The lowest BCUT2D eigenvalue weighted by Gasteiger charge is -2.02. The zero-order valence-electron chi connectivity index (χ0n) is 7.59. The van der Waals surface area contributed by atoms with Gasteiger partial charge in [0, 0.05) is 12.3 Å². The van der Waals surface area contributed by atoms with Crippen LogP contribution in [-0.2, 0) is 9.53 Å². The van der Waals surface area contributed by atoms with E-state index in [1.54, 1.807) is 5.38 Å². The van der Waals surface area contributed by atoms with E-state index in [1.807, 2.05) is 0 Å². The van der Waals surface area contributed by atoms with Crippen molar-refractivity contribution in [2.24, 2.45) is 0 Å². The number of carbonyl (C=O) groups excluding carboxylic acids is 2. The third-order valence-corrected chi connectivity index (χ3v) is 2.75. The number of hydrogen-bond acceptors (Lipinski definition) is 4. The molecule has 0 fully saturated rings. The van der Waals surface area contributed by atoms with E-state index in [1.165, 1.54) is 25.4 Å². The van der Waals surface area contributed by atoms with E-state index in [0.29, 0.717) is 5.00 Å². The summed E-state index contributed by atoms with van der Waals surface area (Å²) in [5.74, 6) is -0.811. The second-order valence-corrected chi connectivity index (χ2v) is 3.75. The van der Waals surface area contributed by atoms with Crippen molar-refractivity contribution in [3.05, 3.63) is 16.0 Å². The topological polar surface area (TPSA) is 55.4 Å². The van der Waals surface area contributed by atoms with Gasteiger partial charge in [-0.1, -0.05) is 11.6 Å². The zero-order chi connectivity index (χ0) is 10.7.